The minimum Gasteiger partial charge on any atom is -0.327 e. The van der Waals surface area contributed by atoms with Crippen molar-refractivity contribution in [2.75, 3.05) is 13.1 Å². The summed E-state index contributed by atoms with van der Waals surface area (Å²) >= 11 is 0. The molecular weight excluding hydrogens is 196 g/mol. The number of hydrogen-bond donors (Lipinski definition) is 1. The molecular formula is C14H22N2. The quantitative estimate of drug-likeness (QED) is 0.826. The number of hydrogen-bond acceptors (Lipinski definition) is 2. The topological polar surface area (TPSA) is 29.3 Å². The Morgan fingerprint density at radius 2 is 2.25 bits per heavy atom. The van der Waals surface area contributed by atoms with Crippen LogP contribution in [0.5, 0.6) is 0 Å². The largest absolute Gasteiger partial charge is 0.327 e. The fourth-order valence-corrected chi connectivity index (χ4v) is 2.53. The average molecular weight is 218 g/mol. The fraction of sp³-hybridized carbons (Fsp3) is 0.571. The van der Waals surface area contributed by atoms with Crippen LogP contribution >= 0.6 is 0 Å². The van der Waals surface area contributed by atoms with Gasteiger partial charge in [-0.05, 0) is 38.8 Å². The molecule has 0 aromatic heterocycles. The molecule has 0 saturated carbocycles. The number of aryl methyl sites for hydroxylation is 1. The highest BCUT2D eigenvalue weighted by Crippen LogP contribution is 2.24. The van der Waals surface area contributed by atoms with E-state index in [1.165, 1.54) is 30.5 Å². The smallest absolute Gasteiger partial charge is 0.0320 e. The summed E-state index contributed by atoms with van der Waals surface area (Å²) in [7, 11) is 0. The highest BCUT2D eigenvalue weighted by molar-refractivity contribution is 5.24. The molecule has 0 radical (unpaired) electrons. The predicted octanol–water partition coefficient (Wildman–Crippen LogP) is 2.48. The first-order chi connectivity index (χ1) is 7.66. The summed E-state index contributed by atoms with van der Waals surface area (Å²) in [6.07, 6.45) is 2.41. The second kappa shape index (κ2) is 4.98. The molecule has 2 N–H and O–H groups in total. The number of piperidine rings is 1. The molecule has 2 atom stereocenters. The zero-order chi connectivity index (χ0) is 11.5. The maximum atomic E-state index is 6.03. The van der Waals surface area contributed by atoms with Crippen LogP contribution in [0.4, 0.5) is 0 Å². The monoisotopic (exact) mass is 218 g/mol. The minimum absolute atomic E-state index is 0.362. The van der Waals surface area contributed by atoms with E-state index in [9.17, 15) is 0 Å². The predicted molar refractivity (Wildman–Crippen MR) is 68.4 cm³/mol. The van der Waals surface area contributed by atoms with Gasteiger partial charge in [0.05, 0.1) is 0 Å². The van der Waals surface area contributed by atoms with Gasteiger partial charge in [-0.3, -0.25) is 4.90 Å². The Kier molecular flexibility index (Phi) is 3.62. The molecule has 2 nitrogen and oxygen atoms in total. The van der Waals surface area contributed by atoms with Crippen molar-refractivity contribution >= 4 is 0 Å². The van der Waals surface area contributed by atoms with Gasteiger partial charge in [0.1, 0.15) is 0 Å². The summed E-state index contributed by atoms with van der Waals surface area (Å²) < 4.78 is 0. The van der Waals surface area contributed by atoms with Crippen LogP contribution in [0.15, 0.2) is 24.3 Å². The molecule has 1 fully saturated rings. The minimum atomic E-state index is 0.362. The van der Waals surface area contributed by atoms with E-state index < -0.39 is 0 Å². The number of likely N-dealkylation sites (tertiary alicyclic amines) is 1. The SMILES string of the molecule is Cc1cccc(C(C)N2CCCC(N)C2)c1. The van der Waals surface area contributed by atoms with Crippen LogP contribution in [-0.4, -0.2) is 24.0 Å². The van der Waals surface area contributed by atoms with Crippen molar-refractivity contribution in [3.63, 3.8) is 0 Å². The Labute approximate surface area is 98.4 Å². The van der Waals surface area contributed by atoms with Crippen molar-refractivity contribution in [2.24, 2.45) is 5.73 Å². The van der Waals surface area contributed by atoms with Gasteiger partial charge in [0.15, 0.2) is 0 Å². The van der Waals surface area contributed by atoms with Crippen LogP contribution in [-0.2, 0) is 0 Å². The molecule has 0 bridgehead atoms. The zero-order valence-corrected chi connectivity index (χ0v) is 10.3. The van der Waals surface area contributed by atoms with Gasteiger partial charge in [-0.1, -0.05) is 29.8 Å². The van der Waals surface area contributed by atoms with Gasteiger partial charge in [0, 0.05) is 18.6 Å². The summed E-state index contributed by atoms with van der Waals surface area (Å²) in [6, 6.07) is 9.65. The molecule has 1 aliphatic heterocycles. The number of nitrogens with zero attached hydrogens (tertiary/aromatic N) is 1. The van der Waals surface area contributed by atoms with Gasteiger partial charge in [-0.2, -0.15) is 0 Å². The van der Waals surface area contributed by atoms with Gasteiger partial charge >= 0.3 is 0 Å². The van der Waals surface area contributed by atoms with E-state index in [1.54, 1.807) is 0 Å². The highest BCUT2D eigenvalue weighted by atomic mass is 15.2. The third-order valence-electron chi connectivity index (χ3n) is 3.56. The van der Waals surface area contributed by atoms with Crippen molar-refractivity contribution in [2.45, 2.75) is 38.8 Å². The van der Waals surface area contributed by atoms with E-state index in [-0.39, 0.29) is 0 Å². The average Bonchev–Trinajstić information content (AvgIpc) is 2.28. The van der Waals surface area contributed by atoms with E-state index in [2.05, 4.69) is 43.0 Å². The molecule has 0 spiro atoms. The van der Waals surface area contributed by atoms with Crippen molar-refractivity contribution in [3.05, 3.63) is 35.4 Å². The van der Waals surface area contributed by atoms with Crippen molar-refractivity contribution in [1.29, 1.82) is 0 Å². The third kappa shape index (κ3) is 2.63. The molecule has 88 valence electrons. The van der Waals surface area contributed by atoms with Crippen molar-refractivity contribution < 1.29 is 0 Å². The van der Waals surface area contributed by atoms with E-state index in [4.69, 9.17) is 5.73 Å². The Balaban J connectivity index is 2.09. The van der Waals surface area contributed by atoms with Crippen molar-refractivity contribution in [1.82, 2.24) is 4.90 Å². The second-order valence-electron chi connectivity index (χ2n) is 4.99. The standard InChI is InChI=1S/C14H22N2/c1-11-5-3-6-13(9-11)12(2)16-8-4-7-14(15)10-16/h3,5-6,9,12,14H,4,7-8,10,15H2,1-2H3. The van der Waals surface area contributed by atoms with E-state index in [1.807, 2.05) is 0 Å². The van der Waals surface area contributed by atoms with Crippen LogP contribution in [0.3, 0.4) is 0 Å². The lowest BCUT2D eigenvalue weighted by Crippen LogP contribution is -2.43. The summed E-state index contributed by atoms with van der Waals surface area (Å²) in [4.78, 5) is 2.50. The van der Waals surface area contributed by atoms with Gasteiger partial charge in [0.25, 0.3) is 0 Å². The zero-order valence-electron chi connectivity index (χ0n) is 10.3. The van der Waals surface area contributed by atoms with Gasteiger partial charge in [0.2, 0.25) is 0 Å². The first-order valence-electron chi connectivity index (χ1n) is 6.23. The molecule has 1 aliphatic rings. The van der Waals surface area contributed by atoms with Gasteiger partial charge in [-0.25, -0.2) is 0 Å². The Bertz CT molecular complexity index is 348. The maximum absolute atomic E-state index is 6.03. The molecule has 0 aliphatic carbocycles. The lowest BCUT2D eigenvalue weighted by molar-refractivity contribution is 0.159. The van der Waals surface area contributed by atoms with Crippen LogP contribution in [0.1, 0.15) is 36.9 Å². The third-order valence-corrected chi connectivity index (χ3v) is 3.56. The lowest BCUT2D eigenvalue weighted by atomic mass is 10.00. The number of benzene rings is 1. The molecule has 16 heavy (non-hydrogen) atoms. The Morgan fingerprint density at radius 1 is 1.44 bits per heavy atom. The van der Waals surface area contributed by atoms with Crippen molar-refractivity contribution in [3.8, 4) is 0 Å². The first kappa shape index (κ1) is 11.6. The lowest BCUT2D eigenvalue weighted by Gasteiger charge is -2.35. The van der Waals surface area contributed by atoms with E-state index in [0.29, 0.717) is 12.1 Å². The number of nitrogens with two attached hydrogens (primary N) is 1. The molecule has 1 heterocycles. The molecule has 1 aromatic rings. The molecule has 2 unspecified atom stereocenters. The van der Waals surface area contributed by atoms with Gasteiger partial charge in [-0.15, -0.1) is 0 Å². The fourth-order valence-electron chi connectivity index (χ4n) is 2.53. The normalized spacial score (nSPS) is 24.3. The van der Waals surface area contributed by atoms with E-state index >= 15 is 0 Å². The first-order valence-corrected chi connectivity index (χ1v) is 6.23. The van der Waals surface area contributed by atoms with Gasteiger partial charge < -0.3 is 5.73 Å². The summed E-state index contributed by atoms with van der Waals surface area (Å²) in [6.45, 7) is 6.66. The number of rotatable bonds is 2. The Hall–Kier alpha value is -0.860. The molecule has 1 saturated heterocycles. The van der Waals surface area contributed by atoms with Crippen LogP contribution < -0.4 is 5.73 Å². The summed E-state index contributed by atoms with van der Waals surface area (Å²) in [5.74, 6) is 0. The molecule has 1 aromatic carbocycles. The van der Waals surface area contributed by atoms with Crippen LogP contribution in [0, 0.1) is 6.92 Å². The summed E-state index contributed by atoms with van der Waals surface area (Å²) in [5, 5.41) is 0. The van der Waals surface area contributed by atoms with Crippen LogP contribution in [0.25, 0.3) is 0 Å². The van der Waals surface area contributed by atoms with Crippen LogP contribution in [0.2, 0.25) is 0 Å². The summed E-state index contributed by atoms with van der Waals surface area (Å²) in [5.41, 5.74) is 8.78. The second-order valence-corrected chi connectivity index (χ2v) is 4.99. The van der Waals surface area contributed by atoms with E-state index in [0.717, 1.165) is 6.54 Å². The highest BCUT2D eigenvalue weighted by Gasteiger charge is 2.21. The molecule has 2 heteroatoms. The molecule has 0 amide bonds. The Morgan fingerprint density at radius 3 is 2.94 bits per heavy atom. The maximum Gasteiger partial charge on any atom is 0.0320 e. The molecule has 2 rings (SSSR count).